The first-order valence-corrected chi connectivity index (χ1v) is 11.5. The molecule has 0 bridgehead atoms. The maximum atomic E-state index is 15.7. The lowest BCUT2D eigenvalue weighted by Gasteiger charge is -2.19. The molecule has 1 heterocycles. The fraction of sp³-hybridized carbons (Fsp3) is 0.222. The van der Waals surface area contributed by atoms with Crippen LogP contribution in [-0.2, 0) is 6.42 Å². The van der Waals surface area contributed by atoms with Crippen molar-refractivity contribution in [2.45, 2.75) is 26.2 Å². The molecule has 186 valence electrons. The fourth-order valence-electron chi connectivity index (χ4n) is 4.15. The lowest BCUT2D eigenvalue weighted by Crippen LogP contribution is -2.16. The van der Waals surface area contributed by atoms with Crippen molar-refractivity contribution in [1.82, 2.24) is 14.8 Å². The number of nitrogens with one attached hydrogen (secondary N) is 2. The summed E-state index contributed by atoms with van der Waals surface area (Å²) < 4.78 is 27.8. The summed E-state index contributed by atoms with van der Waals surface area (Å²) in [6, 6.07) is 17.6. The Morgan fingerprint density at radius 3 is 2.56 bits per heavy atom. The first kappa shape index (κ1) is 24.7. The second-order valence-electron chi connectivity index (χ2n) is 8.37. The van der Waals surface area contributed by atoms with Crippen molar-refractivity contribution in [2.24, 2.45) is 5.73 Å². The number of hydrogen-bond acceptors (Lipinski definition) is 5. The number of amidine groups is 1. The van der Waals surface area contributed by atoms with Crippen LogP contribution in [0.25, 0.3) is 5.69 Å². The van der Waals surface area contributed by atoms with E-state index in [1.54, 1.807) is 55.5 Å². The van der Waals surface area contributed by atoms with E-state index in [0.29, 0.717) is 41.4 Å². The Balaban J connectivity index is 1.85. The molecular formula is C27H28FN5O3. The number of aryl methyl sites for hydroxylation is 1. The molecule has 3 aromatic carbocycles. The normalized spacial score (nSPS) is 11.8. The molecule has 4 N–H and O–H groups in total. The highest BCUT2D eigenvalue weighted by molar-refractivity contribution is 5.94. The maximum Gasteiger partial charge on any atom is 0.348 e. The summed E-state index contributed by atoms with van der Waals surface area (Å²) in [5, 5.41) is 12.2. The van der Waals surface area contributed by atoms with Gasteiger partial charge in [-0.3, -0.25) is 10.4 Å². The zero-order valence-electron chi connectivity index (χ0n) is 20.3. The molecule has 4 rings (SSSR count). The highest BCUT2D eigenvalue weighted by Crippen LogP contribution is 2.34. The summed E-state index contributed by atoms with van der Waals surface area (Å²) in [4.78, 5) is 15.8. The third-order valence-corrected chi connectivity index (χ3v) is 5.87. The van der Waals surface area contributed by atoms with E-state index in [-0.39, 0.29) is 11.6 Å². The van der Waals surface area contributed by atoms with Gasteiger partial charge in [-0.05, 0) is 49.6 Å². The van der Waals surface area contributed by atoms with E-state index in [0.717, 1.165) is 11.1 Å². The number of methoxy groups -OCH3 is 1. The minimum Gasteiger partial charge on any atom is -0.494 e. The lowest BCUT2D eigenvalue weighted by atomic mass is 9.89. The molecule has 0 spiro atoms. The Bertz CT molecular complexity index is 1440. The Morgan fingerprint density at radius 2 is 1.89 bits per heavy atom. The summed E-state index contributed by atoms with van der Waals surface area (Å²) in [6.45, 7) is 3.97. The largest absolute Gasteiger partial charge is 0.494 e. The second kappa shape index (κ2) is 10.5. The molecule has 0 amide bonds. The second-order valence-corrected chi connectivity index (χ2v) is 8.37. The van der Waals surface area contributed by atoms with Gasteiger partial charge in [0.2, 0.25) is 0 Å². The predicted octanol–water partition coefficient (Wildman–Crippen LogP) is 4.07. The van der Waals surface area contributed by atoms with Gasteiger partial charge in [0.15, 0.2) is 11.6 Å². The van der Waals surface area contributed by atoms with Crippen molar-refractivity contribution >= 4 is 5.84 Å². The molecular weight excluding hydrogens is 461 g/mol. The smallest absolute Gasteiger partial charge is 0.348 e. The molecule has 4 aromatic rings. The van der Waals surface area contributed by atoms with Gasteiger partial charge in [-0.1, -0.05) is 42.5 Å². The first-order valence-electron chi connectivity index (χ1n) is 11.5. The van der Waals surface area contributed by atoms with Gasteiger partial charge in [0.25, 0.3) is 0 Å². The van der Waals surface area contributed by atoms with Crippen LogP contribution in [0.2, 0.25) is 0 Å². The van der Waals surface area contributed by atoms with Crippen molar-refractivity contribution in [3.8, 4) is 17.2 Å². The van der Waals surface area contributed by atoms with Crippen LogP contribution in [0.3, 0.4) is 0 Å². The summed E-state index contributed by atoms with van der Waals surface area (Å²) >= 11 is 0. The van der Waals surface area contributed by atoms with Crippen LogP contribution < -0.4 is 20.9 Å². The number of nitrogen functional groups attached to an aromatic ring is 1. The van der Waals surface area contributed by atoms with E-state index in [9.17, 15) is 4.79 Å². The highest BCUT2D eigenvalue weighted by atomic mass is 19.1. The third kappa shape index (κ3) is 5.00. The molecule has 8 nitrogen and oxygen atoms in total. The van der Waals surface area contributed by atoms with Crippen LogP contribution >= 0.6 is 0 Å². The van der Waals surface area contributed by atoms with E-state index in [1.807, 2.05) is 19.1 Å². The topological polar surface area (TPSA) is 119 Å². The number of benzene rings is 3. The number of nitrogens with two attached hydrogens (primary N) is 1. The summed E-state index contributed by atoms with van der Waals surface area (Å²) in [5.74, 6) is -0.237. The van der Waals surface area contributed by atoms with E-state index in [1.165, 1.54) is 11.8 Å². The van der Waals surface area contributed by atoms with Crippen LogP contribution in [0.4, 0.5) is 4.39 Å². The van der Waals surface area contributed by atoms with E-state index >= 15 is 4.39 Å². The minimum atomic E-state index is -0.629. The SMILES string of the molecule is CCOc1cc(C)cc(C(Cc2ccc(C(=N)N)cc2)c2nn(-c3ccccc3OC)c(=O)[nH]2)c1F. The molecule has 36 heavy (non-hydrogen) atoms. The average Bonchev–Trinajstić information content (AvgIpc) is 3.26. The van der Waals surface area contributed by atoms with Crippen molar-refractivity contribution < 1.29 is 13.9 Å². The van der Waals surface area contributed by atoms with Gasteiger partial charge >= 0.3 is 5.69 Å². The van der Waals surface area contributed by atoms with E-state index in [4.69, 9.17) is 20.6 Å². The summed E-state index contributed by atoms with van der Waals surface area (Å²) in [5.41, 5.74) is 8.21. The lowest BCUT2D eigenvalue weighted by molar-refractivity contribution is 0.319. The molecule has 0 aliphatic carbocycles. The molecule has 1 atom stereocenters. The molecule has 0 radical (unpaired) electrons. The van der Waals surface area contributed by atoms with Gasteiger partial charge < -0.3 is 15.2 Å². The molecule has 0 saturated heterocycles. The van der Waals surface area contributed by atoms with Gasteiger partial charge in [-0.15, -0.1) is 5.10 Å². The summed E-state index contributed by atoms with van der Waals surface area (Å²) in [6.07, 6.45) is 0.336. The predicted molar refractivity (Wildman–Crippen MR) is 136 cm³/mol. The van der Waals surface area contributed by atoms with Crippen molar-refractivity contribution in [3.05, 3.63) is 105 Å². The number of aromatic nitrogens is 3. The number of nitrogens with zero attached hydrogens (tertiary/aromatic N) is 2. The number of para-hydroxylation sites is 2. The number of halogens is 1. The molecule has 9 heteroatoms. The summed E-state index contributed by atoms with van der Waals surface area (Å²) in [7, 11) is 1.52. The van der Waals surface area contributed by atoms with Crippen molar-refractivity contribution in [2.75, 3.05) is 13.7 Å². The fourth-order valence-corrected chi connectivity index (χ4v) is 4.15. The van der Waals surface area contributed by atoms with Crippen LogP contribution in [0.15, 0.2) is 65.5 Å². The van der Waals surface area contributed by atoms with E-state index in [2.05, 4.69) is 10.1 Å². The zero-order valence-corrected chi connectivity index (χ0v) is 20.3. The number of hydrogen-bond donors (Lipinski definition) is 3. The Labute approximate surface area is 208 Å². The monoisotopic (exact) mass is 489 g/mol. The van der Waals surface area contributed by atoms with Crippen LogP contribution in [0.1, 0.15) is 40.9 Å². The van der Waals surface area contributed by atoms with Gasteiger partial charge in [0.05, 0.1) is 19.6 Å². The molecule has 1 aromatic heterocycles. The first-order chi connectivity index (χ1) is 17.3. The zero-order chi connectivity index (χ0) is 25.8. The van der Waals surface area contributed by atoms with Gasteiger partial charge in [-0.2, -0.15) is 4.68 Å². The van der Waals surface area contributed by atoms with Gasteiger partial charge in [-0.25, -0.2) is 9.18 Å². The van der Waals surface area contributed by atoms with Crippen LogP contribution in [0.5, 0.6) is 11.5 Å². The van der Waals surface area contributed by atoms with Crippen molar-refractivity contribution in [1.29, 1.82) is 5.41 Å². The molecule has 0 saturated carbocycles. The minimum absolute atomic E-state index is 0.0379. The third-order valence-electron chi connectivity index (χ3n) is 5.87. The van der Waals surface area contributed by atoms with Crippen LogP contribution in [0, 0.1) is 18.2 Å². The molecule has 1 unspecified atom stereocenters. The Morgan fingerprint density at radius 1 is 1.17 bits per heavy atom. The van der Waals surface area contributed by atoms with E-state index < -0.39 is 17.4 Å². The average molecular weight is 490 g/mol. The standard InChI is InChI=1S/C27H28FN5O3/c1-4-36-23-14-16(2)13-19(24(23)28)20(15-17-9-11-18(12-10-17)25(29)30)26-31-27(34)33(32-26)21-7-5-6-8-22(21)35-3/h5-14,20H,4,15H2,1-3H3,(H3,29,30)(H,31,32,34). The van der Waals surface area contributed by atoms with Gasteiger partial charge in [0, 0.05) is 11.1 Å². The Hall–Kier alpha value is -4.40. The number of H-pyrrole nitrogens is 1. The maximum absolute atomic E-state index is 15.7. The number of aromatic amines is 1. The molecule has 0 aliphatic heterocycles. The highest BCUT2D eigenvalue weighted by Gasteiger charge is 2.26. The number of rotatable bonds is 9. The van der Waals surface area contributed by atoms with Crippen LogP contribution in [-0.4, -0.2) is 34.3 Å². The molecule has 0 aliphatic rings. The number of ether oxygens (including phenoxy) is 2. The van der Waals surface area contributed by atoms with Crippen molar-refractivity contribution in [3.63, 3.8) is 0 Å². The Kier molecular flexibility index (Phi) is 7.19. The quantitative estimate of drug-likeness (QED) is 0.242. The van der Waals surface area contributed by atoms with Gasteiger partial charge in [0.1, 0.15) is 23.1 Å². The molecule has 0 fully saturated rings.